The highest BCUT2D eigenvalue weighted by atomic mass is 16.2. The molecule has 0 bridgehead atoms. The van der Waals surface area contributed by atoms with Gasteiger partial charge in [-0.05, 0) is 30.7 Å². The summed E-state index contributed by atoms with van der Waals surface area (Å²) in [6, 6.07) is 11.5. The molecule has 1 atom stereocenters. The van der Waals surface area contributed by atoms with E-state index in [9.17, 15) is 9.59 Å². The van der Waals surface area contributed by atoms with E-state index in [2.05, 4.69) is 10.3 Å². The van der Waals surface area contributed by atoms with Crippen molar-refractivity contribution in [3.8, 4) is 0 Å². The monoisotopic (exact) mass is 348 g/mol. The number of benzene rings is 1. The first-order valence-electron chi connectivity index (χ1n) is 8.62. The van der Waals surface area contributed by atoms with Crippen molar-refractivity contribution >= 4 is 23.1 Å². The number of carbonyl (C=O) groups is 2. The lowest BCUT2D eigenvalue weighted by atomic mass is 9.89. The molecular formula is C20H20N4O2. The van der Waals surface area contributed by atoms with Crippen LogP contribution in [0.3, 0.4) is 0 Å². The van der Waals surface area contributed by atoms with E-state index in [0.717, 1.165) is 22.6 Å². The second-order valence-corrected chi connectivity index (χ2v) is 6.69. The number of hydrogen-bond acceptors (Lipinski definition) is 3. The minimum Gasteiger partial charge on any atom is -0.351 e. The fraction of sp³-hybridized carbons (Fsp3) is 0.250. The van der Waals surface area contributed by atoms with E-state index in [1.54, 1.807) is 24.2 Å². The van der Waals surface area contributed by atoms with Gasteiger partial charge < -0.3 is 14.6 Å². The second kappa shape index (κ2) is 6.29. The van der Waals surface area contributed by atoms with E-state index in [4.69, 9.17) is 0 Å². The third-order valence-electron chi connectivity index (χ3n) is 4.88. The molecule has 0 aliphatic carbocycles. The molecule has 1 aliphatic rings. The first kappa shape index (κ1) is 16.3. The third kappa shape index (κ3) is 2.83. The molecular weight excluding hydrogens is 328 g/mol. The quantitative estimate of drug-likeness (QED) is 0.791. The number of nitrogens with one attached hydrogen (secondary N) is 1. The first-order chi connectivity index (χ1) is 12.5. The molecule has 0 radical (unpaired) electrons. The molecule has 0 saturated carbocycles. The fourth-order valence-corrected chi connectivity index (χ4v) is 3.48. The Morgan fingerprint density at radius 1 is 1.23 bits per heavy atom. The topological polar surface area (TPSA) is 66.7 Å². The summed E-state index contributed by atoms with van der Waals surface area (Å²) in [5.74, 6) is -0.0987. The number of amides is 2. The van der Waals surface area contributed by atoms with Crippen LogP contribution in [0, 0.1) is 6.92 Å². The SMILES string of the molecule is Cc1cn2cc(C(=O)NC[C@H]3CC(=O)N(C)c4ccccc43)ccc2n1. The number of nitrogens with zero attached hydrogens (tertiary/aromatic N) is 3. The van der Waals surface area contributed by atoms with Crippen molar-refractivity contribution in [2.24, 2.45) is 0 Å². The molecule has 1 aromatic carbocycles. The number of para-hydroxylation sites is 1. The van der Waals surface area contributed by atoms with Crippen molar-refractivity contribution in [1.29, 1.82) is 0 Å². The molecule has 1 N–H and O–H groups in total. The number of aryl methyl sites for hydroxylation is 1. The molecule has 0 saturated heterocycles. The number of hydrogen-bond donors (Lipinski definition) is 1. The van der Waals surface area contributed by atoms with E-state index in [0.29, 0.717) is 18.5 Å². The Morgan fingerprint density at radius 2 is 2.04 bits per heavy atom. The highest BCUT2D eigenvalue weighted by Gasteiger charge is 2.29. The van der Waals surface area contributed by atoms with Crippen molar-refractivity contribution in [3.05, 3.63) is 65.6 Å². The van der Waals surface area contributed by atoms with Crippen molar-refractivity contribution in [1.82, 2.24) is 14.7 Å². The van der Waals surface area contributed by atoms with Crippen LogP contribution in [-0.4, -0.2) is 34.8 Å². The van der Waals surface area contributed by atoms with Crippen LogP contribution >= 0.6 is 0 Å². The van der Waals surface area contributed by atoms with Gasteiger partial charge in [0, 0.05) is 44.0 Å². The minimum absolute atomic E-state index is 0.0157. The maximum absolute atomic E-state index is 12.6. The second-order valence-electron chi connectivity index (χ2n) is 6.69. The molecule has 132 valence electrons. The van der Waals surface area contributed by atoms with Gasteiger partial charge in [0.15, 0.2) is 0 Å². The maximum Gasteiger partial charge on any atom is 0.252 e. The van der Waals surface area contributed by atoms with E-state index < -0.39 is 0 Å². The van der Waals surface area contributed by atoms with Crippen molar-refractivity contribution < 1.29 is 9.59 Å². The Morgan fingerprint density at radius 3 is 2.88 bits per heavy atom. The number of rotatable bonds is 3. The van der Waals surface area contributed by atoms with Gasteiger partial charge in [-0.25, -0.2) is 4.98 Å². The Bertz CT molecular complexity index is 1010. The van der Waals surface area contributed by atoms with Gasteiger partial charge in [0.05, 0.1) is 11.3 Å². The zero-order valence-corrected chi connectivity index (χ0v) is 14.8. The lowest BCUT2D eigenvalue weighted by Crippen LogP contribution is -2.37. The van der Waals surface area contributed by atoms with Gasteiger partial charge in [-0.2, -0.15) is 0 Å². The summed E-state index contributed by atoms with van der Waals surface area (Å²) in [7, 11) is 1.79. The molecule has 6 heteroatoms. The van der Waals surface area contributed by atoms with Crippen LogP contribution in [-0.2, 0) is 4.79 Å². The summed E-state index contributed by atoms with van der Waals surface area (Å²) < 4.78 is 1.85. The van der Waals surface area contributed by atoms with E-state index in [1.165, 1.54) is 0 Å². The normalized spacial score (nSPS) is 16.6. The van der Waals surface area contributed by atoms with E-state index in [1.807, 2.05) is 47.9 Å². The van der Waals surface area contributed by atoms with E-state index >= 15 is 0 Å². The number of imidazole rings is 1. The lowest BCUT2D eigenvalue weighted by Gasteiger charge is -2.31. The molecule has 3 aromatic rings. The molecule has 0 fully saturated rings. The molecule has 0 spiro atoms. The van der Waals surface area contributed by atoms with Crippen LogP contribution < -0.4 is 10.2 Å². The van der Waals surface area contributed by atoms with Gasteiger partial charge in [0.2, 0.25) is 5.91 Å². The molecule has 1 aliphatic heterocycles. The van der Waals surface area contributed by atoms with Crippen molar-refractivity contribution in [3.63, 3.8) is 0 Å². The molecule has 2 aromatic heterocycles. The number of anilines is 1. The smallest absolute Gasteiger partial charge is 0.252 e. The summed E-state index contributed by atoms with van der Waals surface area (Å²) in [5.41, 5.74) is 4.30. The van der Waals surface area contributed by atoms with Crippen molar-refractivity contribution in [2.45, 2.75) is 19.3 Å². The Hall–Kier alpha value is -3.15. The fourth-order valence-electron chi connectivity index (χ4n) is 3.48. The summed E-state index contributed by atoms with van der Waals surface area (Å²) >= 11 is 0. The summed E-state index contributed by atoms with van der Waals surface area (Å²) in [6.45, 7) is 2.34. The van der Waals surface area contributed by atoms with Gasteiger partial charge in [0.1, 0.15) is 5.65 Å². The van der Waals surface area contributed by atoms with Crippen LogP contribution in [0.25, 0.3) is 5.65 Å². The maximum atomic E-state index is 12.6. The molecule has 6 nitrogen and oxygen atoms in total. The van der Waals surface area contributed by atoms with Gasteiger partial charge in [-0.3, -0.25) is 9.59 Å². The van der Waals surface area contributed by atoms with Gasteiger partial charge in [0.25, 0.3) is 5.91 Å². The Kier molecular flexibility index (Phi) is 3.95. The third-order valence-corrected chi connectivity index (χ3v) is 4.88. The zero-order chi connectivity index (χ0) is 18.3. The number of carbonyl (C=O) groups excluding carboxylic acids is 2. The lowest BCUT2D eigenvalue weighted by molar-refractivity contribution is -0.119. The number of aromatic nitrogens is 2. The predicted octanol–water partition coefficient (Wildman–Crippen LogP) is 2.52. The van der Waals surface area contributed by atoms with Gasteiger partial charge in [-0.1, -0.05) is 18.2 Å². The Labute approximate surface area is 151 Å². The summed E-state index contributed by atoms with van der Waals surface area (Å²) in [6.07, 6.45) is 4.06. The molecule has 3 heterocycles. The standard InChI is InChI=1S/C20H20N4O2/c1-13-11-24-12-14(7-8-18(24)22-13)20(26)21-10-15-9-19(25)23(2)17-6-4-3-5-16(15)17/h3-8,11-12,15H,9-10H2,1-2H3,(H,21,26)/t15-/m1/s1. The average Bonchev–Trinajstić information content (AvgIpc) is 3.02. The van der Waals surface area contributed by atoms with Gasteiger partial charge >= 0.3 is 0 Å². The Balaban J connectivity index is 1.52. The number of pyridine rings is 1. The predicted molar refractivity (Wildman–Crippen MR) is 99.5 cm³/mol. The average molecular weight is 348 g/mol. The molecule has 2 amide bonds. The molecule has 0 unspecified atom stereocenters. The highest BCUT2D eigenvalue weighted by Crippen LogP contribution is 2.34. The van der Waals surface area contributed by atoms with Crippen LogP contribution in [0.4, 0.5) is 5.69 Å². The van der Waals surface area contributed by atoms with E-state index in [-0.39, 0.29) is 17.7 Å². The highest BCUT2D eigenvalue weighted by molar-refractivity contribution is 5.97. The van der Waals surface area contributed by atoms with Crippen LogP contribution in [0.5, 0.6) is 0 Å². The molecule has 26 heavy (non-hydrogen) atoms. The minimum atomic E-state index is -0.151. The van der Waals surface area contributed by atoms with Gasteiger partial charge in [-0.15, -0.1) is 0 Å². The summed E-state index contributed by atoms with van der Waals surface area (Å²) in [4.78, 5) is 30.8. The van der Waals surface area contributed by atoms with Crippen LogP contribution in [0.1, 0.15) is 34.0 Å². The largest absolute Gasteiger partial charge is 0.351 e. The summed E-state index contributed by atoms with van der Waals surface area (Å²) in [5, 5.41) is 2.97. The van der Waals surface area contributed by atoms with Crippen LogP contribution in [0.15, 0.2) is 48.8 Å². The zero-order valence-electron chi connectivity index (χ0n) is 14.8. The molecule has 4 rings (SSSR count). The van der Waals surface area contributed by atoms with Crippen molar-refractivity contribution in [2.75, 3.05) is 18.5 Å². The first-order valence-corrected chi connectivity index (χ1v) is 8.62. The van der Waals surface area contributed by atoms with Crippen LogP contribution in [0.2, 0.25) is 0 Å². The number of fused-ring (bicyclic) bond motifs is 2.